The molecule has 0 aromatic carbocycles. The van der Waals surface area contributed by atoms with E-state index in [1.54, 1.807) is 30.2 Å². The number of aliphatic carboxylic acids is 1. The van der Waals surface area contributed by atoms with E-state index >= 15 is 0 Å². The summed E-state index contributed by atoms with van der Waals surface area (Å²) >= 11 is 0. The molecule has 0 saturated carbocycles. The summed E-state index contributed by atoms with van der Waals surface area (Å²) < 4.78 is 6.56. The quantitative estimate of drug-likeness (QED) is 0.820. The first-order valence-corrected chi connectivity index (χ1v) is 4.81. The number of ether oxygens (including phenoxy) is 1. The van der Waals surface area contributed by atoms with E-state index in [0.717, 1.165) is 11.3 Å². The molecule has 0 aliphatic carbocycles. The number of carbonyl (C=O) groups is 1. The molecule has 7 heteroatoms. The van der Waals surface area contributed by atoms with Crippen LogP contribution in [0.3, 0.4) is 0 Å². The first-order valence-electron chi connectivity index (χ1n) is 4.81. The monoisotopic (exact) mass is 234 g/mol. The predicted molar refractivity (Wildman–Crippen MR) is 57.4 cm³/mol. The first kappa shape index (κ1) is 11.1. The maximum absolute atomic E-state index is 10.4. The summed E-state index contributed by atoms with van der Waals surface area (Å²) in [6.07, 6.45) is 4.72. The van der Waals surface area contributed by atoms with Gasteiger partial charge in [0.05, 0.1) is 5.69 Å². The second kappa shape index (κ2) is 4.60. The number of aryl methyl sites for hydroxylation is 1. The van der Waals surface area contributed by atoms with Gasteiger partial charge >= 0.3 is 5.97 Å². The van der Waals surface area contributed by atoms with Gasteiger partial charge in [0, 0.05) is 31.1 Å². The Morgan fingerprint density at radius 2 is 2.18 bits per heavy atom. The van der Waals surface area contributed by atoms with Crippen molar-refractivity contribution in [2.24, 2.45) is 7.05 Å². The molecule has 0 unspecified atom stereocenters. The Kier molecular flexibility index (Phi) is 2.99. The normalized spacial score (nSPS) is 10.2. The maximum Gasteiger partial charge on any atom is 0.341 e. The highest BCUT2D eigenvalue weighted by Crippen LogP contribution is 2.21. The highest BCUT2D eigenvalue weighted by molar-refractivity contribution is 5.68. The average Bonchev–Trinajstić information content (AvgIpc) is 2.69. The van der Waals surface area contributed by atoms with Crippen LogP contribution >= 0.6 is 0 Å². The van der Waals surface area contributed by atoms with Crippen LogP contribution in [0.1, 0.15) is 0 Å². The van der Waals surface area contributed by atoms with Crippen molar-refractivity contribution in [1.29, 1.82) is 0 Å². The smallest absolute Gasteiger partial charge is 0.341 e. The molecule has 0 fully saturated rings. The molecule has 0 saturated heterocycles. The van der Waals surface area contributed by atoms with Crippen LogP contribution < -0.4 is 4.74 Å². The van der Waals surface area contributed by atoms with Crippen molar-refractivity contribution in [2.75, 3.05) is 6.61 Å². The standard InChI is InChI=1S/C10H10N4O3/c1-14-8(7-3-11-6-12-4-7)2-9(13-14)17-5-10(15)16/h2-4,6H,5H2,1H3,(H,15,16). The number of carboxylic acids is 1. The minimum atomic E-state index is -1.04. The minimum Gasteiger partial charge on any atom is -0.479 e. The maximum atomic E-state index is 10.4. The van der Waals surface area contributed by atoms with E-state index in [2.05, 4.69) is 15.1 Å². The van der Waals surface area contributed by atoms with Crippen LogP contribution in [-0.2, 0) is 11.8 Å². The van der Waals surface area contributed by atoms with Crippen molar-refractivity contribution in [1.82, 2.24) is 19.7 Å². The zero-order chi connectivity index (χ0) is 12.3. The second-order valence-corrected chi connectivity index (χ2v) is 3.30. The van der Waals surface area contributed by atoms with Gasteiger partial charge in [0.15, 0.2) is 6.61 Å². The van der Waals surface area contributed by atoms with Crippen LogP contribution in [-0.4, -0.2) is 37.4 Å². The van der Waals surface area contributed by atoms with Gasteiger partial charge in [-0.1, -0.05) is 0 Å². The molecule has 0 aliphatic heterocycles. The predicted octanol–water partition coefficient (Wildman–Crippen LogP) is 0.340. The highest BCUT2D eigenvalue weighted by atomic mass is 16.5. The lowest BCUT2D eigenvalue weighted by atomic mass is 10.2. The SMILES string of the molecule is Cn1nc(OCC(=O)O)cc1-c1cncnc1. The van der Waals surface area contributed by atoms with Crippen molar-refractivity contribution < 1.29 is 14.6 Å². The van der Waals surface area contributed by atoms with Gasteiger partial charge in [-0.2, -0.15) is 0 Å². The first-order chi connectivity index (χ1) is 8.16. The number of rotatable bonds is 4. The summed E-state index contributed by atoms with van der Waals surface area (Å²) in [7, 11) is 1.73. The van der Waals surface area contributed by atoms with E-state index in [1.807, 2.05) is 0 Å². The third-order valence-corrected chi connectivity index (χ3v) is 2.06. The molecule has 0 radical (unpaired) electrons. The van der Waals surface area contributed by atoms with Crippen LogP contribution in [0.5, 0.6) is 5.88 Å². The van der Waals surface area contributed by atoms with Gasteiger partial charge in [-0.05, 0) is 0 Å². The topological polar surface area (TPSA) is 90.1 Å². The van der Waals surface area contributed by atoms with Gasteiger partial charge in [0.25, 0.3) is 0 Å². The number of aromatic nitrogens is 4. The molecular formula is C10H10N4O3. The summed E-state index contributed by atoms with van der Waals surface area (Å²) in [6, 6.07) is 1.64. The van der Waals surface area contributed by atoms with Gasteiger partial charge in [0.2, 0.25) is 5.88 Å². The van der Waals surface area contributed by atoms with E-state index in [9.17, 15) is 4.79 Å². The second-order valence-electron chi connectivity index (χ2n) is 3.30. The lowest BCUT2D eigenvalue weighted by Crippen LogP contribution is -2.09. The molecule has 0 spiro atoms. The van der Waals surface area contributed by atoms with Crippen LogP contribution in [0.25, 0.3) is 11.3 Å². The number of hydrogen-bond acceptors (Lipinski definition) is 5. The highest BCUT2D eigenvalue weighted by Gasteiger charge is 2.09. The fraction of sp³-hybridized carbons (Fsp3) is 0.200. The largest absolute Gasteiger partial charge is 0.479 e. The Balaban J connectivity index is 2.22. The van der Waals surface area contributed by atoms with Crippen LogP contribution in [0.15, 0.2) is 24.8 Å². The molecule has 17 heavy (non-hydrogen) atoms. The summed E-state index contributed by atoms with van der Waals surface area (Å²) in [6.45, 7) is -0.415. The molecule has 88 valence electrons. The van der Waals surface area contributed by atoms with Crippen molar-refractivity contribution in [3.05, 3.63) is 24.8 Å². The minimum absolute atomic E-state index is 0.258. The summed E-state index contributed by atoms with van der Waals surface area (Å²) in [5, 5.41) is 12.5. The lowest BCUT2D eigenvalue weighted by molar-refractivity contribution is -0.139. The third-order valence-electron chi connectivity index (χ3n) is 2.06. The molecular weight excluding hydrogens is 224 g/mol. The molecule has 0 atom stereocenters. The Labute approximate surface area is 96.7 Å². The molecule has 2 rings (SSSR count). The molecule has 2 heterocycles. The van der Waals surface area contributed by atoms with Gasteiger partial charge in [-0.15, -0.1) is 5.10 Å². The molecule has 2 aromatic heterocycles. The Morgan fingerprint density at radius 3 is 2.82 bits per heavy atom. The lowest BCUT2D eigenvalue weighted by Gasteiger charge is -1.98. The molecule has 7 nitrogen and oxygen atoms in total. The number of carboxylic acid groups (broad SMARTS) is 1. The van der Waals surface area contributed by atoms with Crippen molar-refractivity contribution >= 4 is 5.97 Å². The molecule has 2 aromatic rings. The summed E-state index contributed by atoms with van der Waals surface area (Å²) in [4.78, 5) is 18.2. The fourth-order valence-corrected chi connectivity index (χ4v) is 1.35. The summed E-state index contributed by atoms with van der Waals surface area (Å²) in [5.74, 6) is -0.783. The molecule has 0 amide bonds. The van der Waals surface area contributed by atoms with E-state index in [0.29, 0.717) is 0 Å². The Bertz CT molecular complexity index is 524. The van der Waals surface area contributed by atoms with Gasteiger partial charge in [-0.3, -0.25) is 4.68 Å². The number of hydrogen-bond donors (Lipinski definition) is 1. The van der Waals surface area contributed by atoms with Crippen LogP contribution in [0, 0.1) is 0 Å². The Hall–Kier alpha value is -2.44. The molecule has 0 aliphatic rings. The number of nitrogens with zero attached hydrogens (tertiary/aromatic N) is 4. The van der Waals surface area contributed by atoms with Crippen molar-refractivity contribution in [2.45, 2.75) is 0 Å². The third kappa shape index (κ3) is 2.57. The Morgan fingerprint density at radius 1 is 1.47 bits per heavy atom. The van der Waals surface area contributed by atoms with Crippen LogP contribution in [0.4, 0.5) is 0 Å². The van der Waals surface area contributed by atoms with Gasteiger partial charge in [0.1, 0.15) is 6.33 Å². The van der Waals surface area contributed by atoms with Gasteiger partial charge in [-0.25, -0.2) is 14.8 Å². The zero-order valence-electron chi connectivity index (χ0n) is 9.07. The van der Waals surface area contributed by atoms with Crippen molar-refractivity contribution in [3.8, 4) is 17.1 Å². The van der Waals surface area contributed by atoms with Crippen molar-refractivity contribution in [3.63, 3.8) is 0 Å². The van der Waals surface area contributed by atoms with E-state index in [-0.39, 0.29) is 5.88 Å². The molecule has 1 N–H and O–H groups in total. The van der Waals surface area contributed by atoms with E-state index in [4.69, 9.17) is 9.84 Å². The van der Waals surface area contributed by atoms with E-state index < -0.39 is 12.6 Å². The van der Waals surface area contributed by atoms with E-state index in [1.165, 1.54) is 6.33 Å². The fourth-order valence-electron chi connectivity index (χ4n) is 1.35. The van der Waals surface area contributed by atoms with Crippen LogP contribution in [0.2, 0.25) is 0 Å². The summed E-state index contributed by atoms with van der Waals surface area (Å²) in [5.41, 5.74) is 1.54. The van der Waals surface area contributed by atoms with Gasteiger partial charge < -0.3 is 9.84 Å². The average molecular weight is 234 g/mol. The molecule has 0 bridgehead atoms. The zero-order valence-corrected chi connectivity index (χ0v) is 9.07.